The minimum atomic E-state index is 0.579. The van der Waals surface area contributed by atoms with Gasteiger partial charge in [0.1, 0.15) is 5.82 Å². The highest BCUT2D eigenvalue weighted by Crippen LogP contribution is 2.33. The Hall–Kier alpha value is -4.13. The molecule has 2 aromatic heterocycles. The van der Waals surface area contributed by atoms with Gasteiger partial charge < -0.3 is 0 Å². The molecule has 5 rings (SSSR count). The highest BCUT2D eigenvalue weighted by Gasteiger charge is 2.18. The van der Waals surface area contributed by atoms with E-state index in [1.807, 2.05) is 53.2 Å². The standard InChI is InChI=1S/C26H25N7/c1-2-3-17-23-27-25(20-13-8-5-9-14-20)30-33(23)18-21-15-10-16-22(19-11-6-4-7-12-19)24(21)26-28-31-32-29-26/h4-16H,2-3,17-18H2,1H3,(H,28,29,31,32). The molecule has 0 amide bonds. The van der Waals surface area contributed by atoms with E-state index in [9.17, 15) is 0 Å². The van der Waals surface area contributed by atoms with Crippen LogP contribution in [0.5, 0.6) is 0 Å². The number of H-pyrrole nitrogens is 1. The largest absolute Gasteiger partial charge is 0.245 e. The van der Waals surface area contributed by atoms with Crippen LogP contribution in [0, 0.1) is 0 Å². The summed E-state index contributed by atoms with van der Waals surface area (Å²) in [7, 11) is 0. The predicted molar refractivity (Wildman–Crippen MR) is 128 cm³/mol. The van der Waals surface area contributed by atoms with Crippen molar-refractivity contribution in [1.82, 2.24) is 35.4 Å². The van der Waals surface area contributed by atoms with Gasteiger partial charge in [-0.1, -0.05) is 92.2 Å². The van der Waals surface area contributed by atoms with E-state index in [0.717, 1.165) is 58.7 Å². The molecule has 7 heteroatoms. The number of hydrogen-bond donors (Lipinski definition) is 1. The summed E-state index contributed by atoms with van der Waals surface area (Å²) < 4.78 is 2.02. The van der Waals surface area contributed by atoms with Gasteiger partial charge in [-0.3, -0.25) is 0 Å². The lowest BCUT2D eigenvalue weighted by Crippen LogP contribution is -2.09. The zero-order valence-corrected chi connectivity index (χ0v) is 18.5. The molecular formula is C26H25N7. The molecule has 0 aliphatic rings. The highest BCUT2D eigenvalue weighted by atomic mass is 15.5. The van der Waals surface area contributed by atoms with Crippen LogP contribution < -0.4 is 0 Å². The van der Waals surface area contributed by atoms with Gasteiger partial charge in [0.05, 0.1) is 6.54 Å². The number of nitrogens with one attached hydrogen (secondary N) is 1. The normalized spacial score (nSPS) is 11.1. The van der Waals surface area contributed by atoms with Crippen molar-refractivity contribution in [1.29, 1.82) is 0 Å². The first-order valence-corrected chi connectivity index (χ1v) is 11.2. The van der Waals surface area contributed by atoms with Crippen LogP contribution in [0.3, 0.4) is 0 Å². The minimum absolute atomic E-state index is 0.579. The van der Waals surface area contributed by atoms with E-state index < -0.39 is 0 Å². The average molecular weight is 436 g/mol. The number of aryl methyl sites for hydroxylation is 1. The van der Waals surface area contributed by atoms with Crippen LogP contribution in [0.25, 0.3) is 33.9 Å². The molecule has 5 aromatic rings. The molecule has 33 heavy (non-hydrogen) atoms. The lowest BCUT2D eigenvalue weighted by molar-refractivity contribution is 0.619. The smallest absolute Gasteiger partial charge is 0.181 e. The van der Waals surface area contributed by atoms with Crippen LogP contribution in [0.2, 0.25) is 0 Å². The van der Waals surface area contributed by atoms with E-state index in [0.29, 0.717) is 12.4 Å². The molecule has 0 unspecified atom stereocenters. The van der Waals surface area contributed by atoms with E-state index >= 15 is 0 Å². The van der Waals surface area contributed by atoms with Crippen molar-refractivity contribution >= 4 is 0 Å². The second-order valence-electron chi connectivity index (χ2n) is 7.93. The van der Waals surface area contributed by atoms with E-state index in [2.05, 4.69) is 57.9 Å². The van der Waals surface area contributed by atoms with Gasteiger partial charge in [-0.2, -0.15) is 5.10 Å². The minimum Gasteiger partial charge on any atom is -0.245 e. The van der Waals surface area contributed by atoms with E-state index in [4.69, 9.17) is 10.1 Å². The molecule has 0 radical (unpaired) electrons. The number of tetrazole rings is 1. The second kappa shape index (κ2) is 9.56. The Kier molecular flexibility index (Phi) is 6.01. The Labute approximate surface area is 192 Å². The maximum Gasteiger partial charge on any atom is 0.181 e. The molecule has 0 aliphatic heterocycles. The summed E-state index contributed by atoms with van der Waals surface area (Å²) in [4.78, 5) is 4.89. The summed E-state index contributed by atoms with van der Waals surface area (Å²) >= 11 is 0. The Morgan fingerprint density at radius 2 is 1.61 bits per heavy atom. The molecule has 0 saturated carbocycles. The monoisotopic (exact) mass is 435 g/mol. The zero-order chi connectivity index (χ0) is 22.5. The summed E-state index contributed by atoms with van der Waals surface area (Å²) in [5.41, 5.74) is 5.27. The number of benzene rings is 3. The van der Waals surface area contributed by atoms with Crippen LogP contribution in [-0.2, 0) is 13.0 Å². The van der Waals surface area contributed by atoms with Crippen LogP contribution in [0.1, 0.15) is 31.2 Å². The fourth-order valence-corrected chi connectivity index (χ4v) is 4.03. The third kappa shape index (κ3) is 4.43. The highest BCUT2D eigenvalue weighted by molar-refractivity contribution is 5.82. The van der Waals surface area contributed by atoms with E-state index in [1.54, 1.807) is 0 Å². The molecule has 0 atom stereocenters. The van der Waals surface area contributed by atoms with Crippen molar-refractivity contribution in [3.63, 3.8) is 0 Å². The van der Waals surface area contributed by atoms with Crippen LogP contribution in [-0.4, -0.2) is 35.4 Å². The van der Waals surface area contributed by atoms with Crippen LogP contribution in [0.15, 0.2) is 78.9 Å². The molecule has 0 bridgehead atoms. The van der Waals surface area contributed by atoms with Gasteiger partial charge >= 0.3 is 0 Å². The maximum absolute atomic E-state index is 4.90. The molecule has 0 fully saturated rings. The number of unbranched alkanes of at least 4 members (excludes halogenated alkanes) is 1. The van der Waals surface area contributed by atoms with Crippen molar-refractivity contribution < 1.29 is 0 Å². The van der Waals surface area contributed by atoms with Crippen LogP contribution in [0.4, 0.5) is 0 Å². The van der Waals surface area contributed by atoms with Crippen molar-refractivity contribution in [2.45, 2.75) is 32.7 Å². The lowest BCUT2D eigenvalue weighted by Gasteiger charge is -2.14. The fraction of sp³-hybridized carbons (Fsp3) is 0.192. The van der Waals surface area contributed by atoms with Gasteiger partial charge in [0.2, 0.25) is 0 Å². The Morgan fingerprint density at radius 3 is 2.30 bits per heavy atom. The van der Waals surface area contributed by atoms with Gasteiger partial charge in [0, 0.05) is 17.5 Å². The quantitative estimate of drug-likeness (QED) is 0.363. The zero-order valence-electron chi connectivity index (χ0n) is 18.5. The van der Waals surface area contributed by atoms with Crippen molar-refractivity contribution in [2.75, 3.05) is 0 Å². The average Bonchev–Trinajstić information content (AvgIpc) is 3.54. The molecule has 2 heterocycles. The summed E-state index contributed by atoms with van der Waals surface area (Å²) in [6, 6.07) is 26.7. The van der Waals surface area contributed by atoms with Gasteiger partial charge in [-0.15, -0.1) is 5.10 Å². The number of rotatable bonds is 8. The maximum atomic E-state index is 4.90. The molecule has 3 aromatic carbocycles. The fourth-order valence-electron chi connectivity index (χ4n) is 4.03. The van der Waals surface area contributed by atoms with Crippen molar-refractivity contribution in [2.24, 2.45) is 0 Å². The van der Waals surface area contributed by atoms with Gasteiger partial charge in [-0.25, -0.2) is 14.8 Å². The molecule has 1 N–H and O–H groups in total. The first-order chi connectivity index (χ1) is 16.3. The first-order valence-electron chi connectivity index (χ1n) is 11.2. The SMILES string of the molecule is CCCCc1nc(-c2ccccc2)nn1Cc1cccc(-c2ccccc2)c1-c1nnn[nH]1. The number of aromatic amines is 1. The number of hydrogen-bond acceptors (Lipinski definition) is 5. The third-order valence-corrected chi connectivity index (χ3v) is 5.67. The molecule has 7 nitrogen and oxygen atoms in total. The first kappa shape index (κ1) is 20.8. The Balaban J connectivity index is 1.60. The van der Waals surface area contributed by atoms with Crippen LogP contribution >= 0.6 is 0 Å². The van der Waals surface area contributed by atoms with E-state index in [-0.39, 0.29) is 0 Å². The van der Waals surface area contributed by atoms with Crippen molar-refractivity contribution in [3.8, 4) is 33.9 Å². The molecule has 0 spiro atoms. The summed E-state index contributed by atoms with van der Waals surface area (Å²) in [6.07, 6.45) is 3.05. The lowest BCUT2D eigenvalue weighted by atomic mass is 9.95. The third-order valence-electron chi connectivity index (χ3n) is 5.67. The number of aromatic nitrogens is 7. The second-order valence-corrected chi connectivity index (χ2v) is 7.93. The molecule has 0 saturated heterocycles. The molecular weight excluding hydrogens is 410 g/mol. The Morgan fingerprint density at radius 1 is 0.848 bits per heavy atom. The van der Waals surface area contributed by atoms with Gasteiger partial charge in [0.25, 0.3) is 0 Å². The van der Waals surface area contributed by atoms with Crippen molar-refractivity contribution in [3.05, 3.63) is 90.3 Å². The number of nitrogens with zero attached hydrogens (tertiary/aromatic N) is 6. The van der Waals surface area contributed by atoms with E-state index in [1.165, 1.54) is 0 Å². The summed E-state index contributed by atoms with van der Waals surface area (Å²) in [5, 5.41) is 19.7. The molecule has 164 valence electrons. The Bertz CT molecular complexity index is 1310. The summed E-state index contributed by atoms with van der Waals surface area (Å²) in [5.74, 6) is 2.38. The topological polar surface area (TPSA) is 85.2 Å². The summed E-state index contributed by atoms with van der Waals surface area (Å²) in [6.45, 7) is 2.77. The van der Waals surface area contributed by atoms with Gasteiger partial charge in [-0.05, 0) is 33.5 Å². The predicted octanol–water partition coefficient (Wildman–Crippen LogP) is 5.18. The van der Waals surface area contributed by atoms with Gasteiger partial charge in [0.15, 0.2) is 11.6 Å². The molecule has 0 aliphatic carbocycles.